The van der Waals surface area contributed by atoms with Crippen LogP contribution in [0.3, 0.4) is 0 Å². The molecule has 16 heavy (non-hydrogen) atoms. The van der Waals surface area contributed by atoms with E-state index in [1.54, 1.807) is 37.3 Å². The largest absolute Gasteiger partial charge is 0.458 e. The molecule has 4 heteroatoms. The van der Waals surface area contributed by atoms with Crippen molar-refractivity contribution in [2.24, 2.45) is 0 Å². The number of benzene rings is 1. The summed E-state index contributed by atoms with van der Waals surface area (Å²) in [6.07, 6.45) is 0. The van der Waals surface area contributed by atoms with Crippen molar-refractivity contribution in [3.63, 3.8) is 0 Å². The number of ketones is 1. The lowest BCUT2D eigenvalue weighted by atomic mass is 10.1. The summed E-state index contributed by atoms with van der Waals surface area (Å²) in [6, 6.07) is 8.48. The second kappa shape index (κ2) is 4.44. The van der Waals surface area contributed by atoms with Crippen LogP contribution in [0.25, 0.3) is 0 Å². The van der Waals surface area contributed by atoms with E-state index in [1.807, 2.05) is 0 Å². The van der Waals surface area contributed by atoms with Gasteiger partial charge in [-0.1, -0.05) is 11.6 Å². The topological polar surface area (TPSA) is 30.2 Å². The van der Waals surface area contributed by atoms with Gasteiger partial charge in [-0.3, -0.25) is 4.79 Å². The van der Waals surface area contributed by atoms with Crippen LogP contribution >= 0.6 is 27.5 Å². The van der Waals surface area contributed by atoms with E-state index < -0.39 is 0 Å². The highest BCUT2D eigenvalue weighted by Crippen LogP contribution is 2.24. The molecule has 2 aromatic rings. The molecule has 0 saturated heterocycles. The van der Waals surface area contributed by atoms with Crippen molar-refractivity contribution in [2.45, 2.75) is 6.92 Å². The first-order chi connectivity index (χ1) is 7.58. The summed E-state index contributed by atoms with van der Waals surface area (Å²) in [5.74, 6) is 0.880. The van der Waals surface area contributed by atoms with Crippen LogP contribution in [0.2, 0.25) is 5.02 Å². The van der Waals surface area contributed by atoms with E-state index in [1.165, 1.54) is 0 Å². The molecule has 0 aliphatic heterocycles. The molecule has 2 rings (SSSR count). The van der Waals surface area contributed by atoms with Crippen LogP contribution in [0, 0.1) is 6.92 Å². The third-order valence-corrected chi connectivity index (χ3v) is 3.38. The van der Waals surface area contributed by atoms with Crippen molar-refractivity contribution in [3.05, 3.63) is 56.9 Å². The van der Waals surface area contributed by atoms with Gasteiger partial charge in [0.25, 0.3) is 0 Å². The van der Waals surface area contributed by atoms with Gasteiger partial charge >= 0.3 is 0 Å². The maximum Gasteiger partial charge on any atom is 0.228 e. The monoisotopic (exact) mass is 298 g/mol. The van der Waals surface area contributed by atoms with Crippen LogP contribution in [0.1, 0.15) is 21.9 Å². The zero-order valence-corrected chi connectivity index (χ0v) is 10.8. The summed E-state index contributed by atoms with van der Waals surface area (Å²) in [5.41, 5.74) is 0.516. The van der Waals surface area contributed by atoms with E-state index in [4.69, 9.17) is 16.0 Å². The van der Waals surface area contributed by atoms with Crippen molar-refractivity contribution in [1.82, 2.24) is 0 Å². The van der Waals surface area contributed by atoms with Crippen LogP contribution in [-0.2, 0) is 0 Å². The quantitative estimate of drug-likeness (QED) is 0.777. The highest BCUT2D eigenvalue weighted by Gasteiger charge is 2.13. The van der Waals surface area contributed by atoms with Crippen molar-refractivity contribution >= 4 is 33.3 Å². The number of rotatable bonds is 2. The van der Waals surface area contributed by atoms with E-state index in [-0.39, 0.29) is 5.78 Å². The molecular formula is C12H8BrClO2. The zero-order valence-electron chi connectivity index (χ0n) is 8.46. The number of hydrogen-bond acceptors (Lipinski definition) is 2. The Kier molecular flexibility index (Phi) is 3.17. The van der Waals surface area contributed by atoms with Gasteiger partial charge in [0.15, 0.2) is 5.76 Å². The SMILES string of the molecule is Cc1ccc(C(=O)c2ccc(Br)c(Cl)c2)o1. The minimum atomic E-state index is -0.164. The molecule has 0 N–H and O–H groups in total. The molecule has 0 aliphatic rings. The predicted molar refractivity (Wildman–Crippen MR) is 66.0 cm³/mol. The fraction of sp³-hybridized carbons (Fsp3) is 0.0833. The molecule has 0 aliphatic carbocycles. The second-order valence-corrected chi connectivity index (χ2v) is 4.63. The summed E-state index contributed by atoms with van der Waals surface area (Å²) in [4.78, 5) is 12.0. The Balaban J connectivity index is 2.38. The van der Waals surface area contributed by atoms with Gasteiger partial charge < -0.3 is 4.42 Å². The number of carbonyl (C=O) groups is 1. The van der Waals surface area contributed by atoms with E-state index in [0.717, 1.165) is 4.47 Å². The van der Waals surface area contributed by atoms with Gasteiger partial charge in [-0.2, -0.15) is 0 Å². The molecule has 0 spiro atoms. The lowest BCUT2D eigenvalue weighted by molar-refractivity contribution is 0.101. The van der Waals surface area contributed by atoms with Gasteiger partial charge in [-0.05, 0) is 53.2 Å². The Morgan fingerprint density at radius 1 is 1.31 bits per heavy atom. The molecule has 0 unspecified atom stereocenters. The minimum absolute atomic E-state index is 0.164. The van der Waals surface area contributed by atoms with Gasteiger partial charge in [0.1, 0.15) is 5.76 Å². The first-order valence-electron chi connectivity index (χ1n) is 4.64. The van der Waals surface area contributed by atoms with Gasteiger partial charge in [0, 0.05) is 10.0 Å². The van der Waals surface area contributed by atoms with Crippen molar-refractivity contribution in [3.8, 4) is 0 Å². The van der Waals surface area contributed by atoms with Gasteiger partial charge in [-0.15, -0.1) is 0 Å². The van der Waals surface area contributed by atoms with Gasteiger partial charge in [0.2, 0.25) is 5.78 Å². The third kappa shape index (κ3) is 2.20. The first kappa shape index (κ1) is 11.4. The fourth-order valence-corrected chi connectivity index (χ4v) is 1.76. The number of halogens is 2. The Hall–Kier alpha value is -1.06. The van der Waals surface area contributed by atoms with Crippen molar-refractivity contribution < 1.29 is 9.21 Å². The van der Waals surface area contributed by atoms with E-state index in [0.29, 0.717) is 22.1 Å². The molecule has 82 valence electrons. The molecule has 1 aromatic heterocycles. The van der Waals surface area contributed by atoms with Crippen LogP contribution < -0.4 is 0 Å². The van der Waals surface area contributed by atoms with Crippen molar-refractivity contribution in [2.75, 3.05) is 0 Å². The third-order valence-electron chi connectivity index (χ3n) is 2.15. The standard InChI is InChI=1S/C12H8BrClO2/c1-7-2-5-11(16-7)12(15)8-3-4-9(13)10(14)6-8/h2-6H,1H3. The Bertz CT molecular complexity index is 546. The zero-order chi connectivity index (χ0) is 11.7. The molecule has 2 nitrogen and oxygen atoms in total. The molecule has 0 amide bonds. The highest BCUT2D eigenvalue weighted by molar-refractivity contribution is 9.10. The summed E-state index contributed by atoms with van der Waals surface area (Å²) in [6.45, 7) is 1.80. The molecule has 0 bridgehead atoms. The normalized spacial score (nSPS) is 10.4. The molecule has 0 atom stereocenters. The molecule has 1 aromatic carbocycles. The number of furan rings is 1. The minimum Gasteiger partial charge on any atom is -0.458 e. The number of carbonyl (C=O) groups excluding carboxylic acids is 1. The summed E-state index contributed by atoms with van der Waals surface area (Å²) >= 11 is 9.19. The van der Waals surface area contributed by atoms with Gasteiger partial charge in [-0.25, -0.2) is 0 Å². The Labute approximate surface area is 106 Å². The molecule has 1 heterocycles. The number of hydrogen-bond donors (Lipinski definition) is 0. The van der Waals surface area contributed by atoms with E-state index >= 15 is 0 Å². The maximum atomic E-state index is 12.0. The average Bonchev–Trinajstić information content (AvgIpc) is 2.68. The summed E-state index contributed by atoms with van der Waals surface area (Å²) in [7, 11) is 0. The number of aryl methyl sites for hydroxylation is 1. The summed E-state index contributed by atoms with van der Waals surface area (Å²) < 4.78 is 6.03. The Morgan fingerprint density at radius 3 is 2.62 bits per heavy atom. The molecule has 0 radical (unpaired) electrons. The van der Waals surface area contributed by atoms with Gasteiger partial charge in [0.05, 0.1) is 5.02 Å². The summed E-state index contributed by atoms with van der Waals surface area (Å²) in [5, 5.41) is 0.508. The molecule has 0 fully saturated rings. The van der Waals surface area contributed by atoms with E-state index in [9.17, 15) is 4.79 Å². The van der Waals surface area contributed by atoms with Crippen LogP contribution in [0.4, 0.5) is 0 Å². The smallest absolute Gasteiger partial charge is 0.228 e. The maximum absolute atomic E-state index is 12.0. The van der Waals surface area contributed by atoms with E-state index in [2.05, 4.69) is 15.9 Å². The molecular weight excluding hydrogens is 291 g/mol. The Morgan fingerprint density at radius 2 is 2.06 bits per heavy atom. The predicted octanol–water partition coefficient (Wildman–Crippen LogP) is 4.23. The second-order valence-electron chi connectivity index (χ2n) is 3.37. The first-order valence-corrected chi connectivity index (χ1v) is 5.81. The van der Waals surface area contributed by atoms with Crippen LogP contribution in [0.5, 0.6) is 0 Å². The lowest BCUT2D eigenvalue weighted by Gasteiger charge is -2.00. The average molecular weight is 300 g/mol. The lowest BCUT2D eigenvalue weighted by Crippen LogP contribution is -1.99. The van der Waals surface area contributed by atoms with Crippen LogP contribution in [0.15, 0.2) is 39.2 Å². The fourth-order valence-electron chi connectivity index (χ4n) is 1.34. The molecule has 0 saturated carbocycles. The highest BCUT2D eigenvalue weighted by atomic mass is 79.9. The van der Waals surface area contributed by atoms with Crippen molar-refractivity contribution in [1.29, 1.82) is 0 Å². The van der Waals surface area contributed by atoms with Crippen LogP contribution in [-0.4, -0.2) is 5.78 Å².